The summed E-state index contributed by atoms with van der Waals surface area (Å²) in [6, 6.07) is 19.0. The second kappa shape index (κ2) is 10.6. The lowest BCUT2D eigenvalue weighted by molar-refractivity contribution is -0.384. The molecule has 1 fully saturated rings. The number of non-ortho nitro benzene ring substituents is 1. The molecule has 40 heavy (non-hydrogen) atoms. The van der Waals surface area contributed by atoms with E-state index in [9.17, 15) is 14.9 Å². The van der Waals surface area contributed by atoms with Crippen molar-refractivity contribution in [2.45, 2.75) is 38.1 Å². The molecule has 0 saturated heterocycles. The second-order valence-electron chi connectivity index (χ2n) is 11.0. The molecule has 1 amide bonds. The fraction of sp³-hybridized carbons (Fsp3) is 0.323. The van der Waals surface area contributed by atoms with E-state index in [1.54, 1.807) is 12.1 Å². The lowest BCUT2D eigenvalue weighted by atomic mass is 9.86. The average molecular weight is 537 g/mol. The number of nitrogens with one attached hydrogen (secondary N) is 2. The quantitative estimate of drug-likeness (QED) is 0.206. The Morgan fingerprint density at radius 3 is 2.58 bits per heavy atom. The highest BCUT2D eigenvalue weighted by molar-refractivity contribution is 6.03. The van der Waals surface area contributed by atoms with Gasteiger partial charge in [0.25, 0.3) is 11.6 Å². The van der Waals surface area contributed by atoms with Crippen LogP contribution in [0.4, 0.5) is 17.5 Å². The molecule has 0 spiro atoms. The SMILES string of the molecule is CN(C)c1nc(N[C@H]2CC[C@@H](CNC(=O)c3cccc4c3-c3ccc([N+](=O)[O-])cc3C4)CC2)nc2ccccc12. The third-order valence-electron chi connectivity index (χ3n) is 8.08. The van der Waals surface area contributed by atoms with Gasteiger partial charge in [-0.3, -0.25) is 14.9 Å². The molecule has 0 radical (unpaired) electrons. The Bertz CT molecular complexity index is 1610. The van der Waals surface area contributed by atoms with Gasteiger partial charge in [0.1, 0.15) is 5.82 Å². The lowest BCUT2D eigenvalue weighted by Gasteiger charge is -2.29. The molecule has 1 saturated carbocycles. The minimum Gasteiger partial charge on any atom is -0.362 e. The molecule has 0 bridgehead atoms. The number of fused-ring (bicyclic) bond motifs is 4. The van der Waals surface area contributed by atoms with Crippen LogP contribution in [0, 0.1) is 16.0 Å². The number of nitro benzene ring substituents is 1. The molecule has 0 atom stereocenters. The number of anilines is 2. The van der Waals surface area contributed by atoms with Crippen molar-refractivity contribution < 1.29 is 9.72 Å². The molecule has 2 aliphatic carbocycles. The van der Waals surface area contributed by atoms with Gasteiger partial charge < -0.3 is 15.5 Å². The Kier molecular flexibility index (Phi) is 6.79. The second-order valence-corrected chi connectivity index (χ2v) is 11.0. The molecule has 1 aromatic heterocycles. The van der Waals surface area contributed by atoms with E-state index >= 15 is 0 Å². The molecule has 1 heterocycles. The van der Waals surface area contributed by atoms with Crippen LogP contribution in [0.3, 0.4) is 0 Å². The third kappa shape index (κ3) is 4.95. The van der Waals surface area contributed by atoms with Crippen LogP contribution in [0.15, 0.2) is 60.7 Å². The van der Waals surface area contributed by atoms with E-state index in [-0.39, 0.29) is 16.5 Å². The predicted octanol–water partition coefficient (Wildman–Crippen LogP) is 5.58. The fourth-order valence-corrected chi connectivity index (χ4v) is 6.03. The zero-order chi connectivity index (χ0) is 27.8. The Hall–Kier alpha value is -4.53. The van der Waals surface area contributed by atoms with E-state index < -0.39 is 0 Å². The molecule has 9 nitrogen and oxygen atoms in total. The zero-order valence-corrected chi connectivity index (χ0v) is 22.7. The Balaban J connectivity index is 1.07. The highest BCUT2D eigenvalue weighted by Crippen LogP contribution is 2.40. The Labute approximate surface area is 232 Å². The van der Waals surface area contributed by atoms with E-state index in [0.29, 0.717) is 36.4 Å². The van der Waals surface area contributed by atoms with Gasteiger partial charge in [-0.25, -0.2) is 4.98 Å². The van der Waals surface area contributed by atoms with E-state index in [1.165, 1.54) is 6.07 Å². The number of rotatable bonds is 7. The van der Waals surface area contributed by atoms with Crippen molar-refractivity contribution in [2.75, 3.05) is 30.9 Å². The van der Waals surface area contributed by atoms with E-state index in [2.05, 4.69) is 10.6 Å². The van der Waals surface area contributed by atoms with Crippen molar-refractivity contribution in [3.05, 3.63) is 87.5 Å². The fourth-order valence-electron chi connectivity index (χ4n) is 6.03. The van der Waals surface area contributed by atoms with Crippen molar-refractivity contribution in [2.24, 2.45) is 5.92 Å². The minimum absolute atomic E-state index is 0.0768. The van der Waals surface area contributed by atoms with Crippen LogP contribution in [-0.4, -0.2) is 47.5 Å². The maximum atomic E-state index is 13.3. The number of amides is 1. The van der Waals surface area contributed by atoms with E-state index in [1.807, 2.05) is 61.5 Å². The molecular formula is C31H32N6O3. The first-order valence-electron chi connectivity index (χ1n) is 13.8. The maximum absolute atomic E-state index is 13.3. The minimum atomic E-state index is -0.378. The number of nitrogens with zero attached hydrogens (tertiary/aromatic N) is 4. The van der Waals surface area contributed by atoms with E-state index in [0.717, 1.165) is 64.7 Å². The first kappa shape index (κ1) is 25.7. The van der Waals surface area contributed by atoms with Gasteiger partial charge in [0, 0.05) is 49.8 Å². The number of nitro groups is 1. The number of hydrogen-bond acceptors (Lipinski definition) is 7. The van der Waals surface area contributed by atoms with Gasteiger partial charge in [-0.15, -0.1) is 0 Å². The predicted molar refractivity (Wildman–Crippen MR) is 157 cm³/mol. The summed E-state index contributed by atoms with van der Waals surface area (Å²) in [5.41, 5.74) is 5.36. The lowest BCUT2D eigenvalue weighted by Crippen LogP contribution is -2.34. The van der Waals surface area contributed by atoms with Crippen LogP contribution >= 0.6 is 0 Å². The van der Waals surface area contributed by atoms with Gasteiger partial charge >= 0.3 is 0 Å². The summed E-state index contributed by atoms with van der Waals surface area (Å²) in [5.74, 6) is 1.87. The van der Waals surface area contributed by atoms with Crippen LogP contribution in [0.2, 0.25) is 0 Å². The summed E-state index contributed by atoms with van der Waals surface area (Å²) in [5, 5.41) is 19.0. The first-order valence-corrected chi connectivity index (χ1v) is 13.8. The molecule has 0 aliphatic heterocycles. The van der Waals surface area contributed by atoms with Gasteiger partial charge in [-0.2, -0.15) is 4.98 Å². The van der Waals surface area contributed by atoms with Crippen molar-refractivity contribution in [1.82, 2.24) is 15.3 Å². The highest BCUT2D eigenvalue weighted by Gasteiger charge is 2.27. The summed E-state index contributed by atoms with van der Waals surface area (Å²) >= 11 is 0. The monoisotopic (exact) mass is 536 g/mol. The summed E-state index contributed by atoms with van der Waals surface area (Å²) in [4.78, 5) is 35.6. The molecule has 4 aromatic rings. The summed E-state index contributed by atoms with van der Waals surface area (Å²) in [6.07, 6.45) is 4.58. The van der Waals surface area contributed by atoms with Gasteiger partial charge in [-0.1, -0.05) is 24.3 Å². The van der Waals surface area contributed by atoms with Crippen LogP contribution < -0.4 is 15.5 Å². The molecular weight excluding hydrogens is 504 g/mol. The number of carbonyl (C=O) groups is 1. The number of hydrogen-bond donors (Lipinski definition) is 2. The Morgan fingerprint density at radius 1 is 1.00 bits per heavy atom. The van der Waals surface area contributed by atoms with Gasteiger partial charge in [0.2, 0.25) is 5.95 Å². The van der Waals surface area contributed by atoms with Crippen molar-refractivity contribution >= 4 is 34.3 Å². The van der Waals surface area contributed by atoms with E-state index in [4.69, 9.17) is 9.97 Å². The molecule has 6 rings (SSSR count). The van der Waals surface area contributed by atoms with Gasteiger partial charge in [0.15, 0.2) is 0 Å². The van der Waals surface area contributed by atoms with Crippen molar-refractivity contribution in [1.29, 1.82) is 0 Å². The smallest absolute Gasteiger partial charge is 0.269 e. The van der Waals surface area contributed by atoms with Gasteiger partial charge in [0.05, 0.1) is 10.4 Å². The number of benzene rings is 3. The molecule has 0 unspecified atom stereocenters. The zero-order valence-electron chi connectivity index (χ0n) is 22.7. The average Bonchev–Trinajstić information content (AvgIpc) is 3.34. The molecule has 9 heteroatoms. The number of para-hydroxylation sites is 1. The molecule has 2 N–H and O–H groups in total. The third-order valence-corrected chi connectivity index (χ3v) is 8.08. The van der Waals surface area contributed by atoms with Gasteiger partial charge in [-0.05, 0) is 84.5 Å². The number of aromatic nitrogens is 2. The maximum Gasteiger partial charge on any atom is 0.269 e. The largest absolute Gasteiger partial charge is 0.362 e. The molecule has 3 aromatic carbocycles. The molecule has 204 valence electrons. The highest BCUT2D eigenvalue weighted by atomic mass is 16.6. The summed E-state index contributed by atoms with van der Waals surface area (Å²) < 4.78 is 0. The standard InChI is InChI=1S/C31H32N6O3/c1-36(2)29-25-7-3-4-9-27(25)34-31(35-29)33-22-12-10-19(11-13-22)18-32-30(38)26-8-5-6-20-16-21-17-23(37(39)40)14-15-24(21)28(20)26/h3-9,14-15,17,19,22H,10-13,16,18H2,1-2H3,(H,32,38)(H,33,34,35)/t19-,22+. The summed E-state index contributed by atoms with van der Waals surface area (Å²) in [7, 11) is 3.99. The van der Waals surface area contributed by atoms with Crippen molar-refractivity contribution in [3.63, 3.8) is 0 Å². The Morgan fingerprint density at radius 2 is 1.80 bits per heavy atom. The van der Waals surface area contributed by atoms with Crippen LogP contribution in [-0.2, 0) is 6.42 Å². The normalized spacial score (nSPS) is 17.6. The first-order chi connectivity index (χ1) is 19.4. The molecule has 2 aliphatic rings. The topological polar surface area (TPSA) is 113 Å². The van der Waals surface area contributed by atoms with Crippen LogP contribution in [0.5, 0.6) is 0 Å². The van der Waals surface area contributed by atoms with Crippen molar-refractivity contribution in [3.8, 4) is 11.1 Å². The van der Waals surface area contributed by atoms with Crippen LogP contribution in [0.25, 0.3) is 22.0 Å². The summed E-state index contributed by atoms with van der Waals surface area (Å²) in [6.45, 7) is 0.625. The number of carbonyl (C=O) groups excluding carboxylic acids is 1. The van der Waals surface area contributed by atoms with Crippen LogP contribution in [0.1, 0.15) is 47.2 Å².